The van der Waals surface area contributed by atoms with Gasteiger partial charge in [0.1, 0.15) is 29.4 Å². The lowest BCUT2D eigenvalue weighted by Crippen LogP contribution is -2.64. The van der Waals surface area contributed by atoms with Gasteiger partial charge in [-0.3, -0.25) is 24.0 Å². The highest BCUT2D eigenvalue weighted by Crippen LogP contribution is 2.22. The van der Waals surface area contributed by atoms with Crippen molar-refractivity contribution in [3.63, 3.8) is 0 Å². The summed E-state index contributed by atoms with van der Waals surface area (Å²) in [6, 6.07) is 6.90. The van der Waals surface area contributed by atoms with Crippen molar-refractivity contribution in [1.82, 2.24) is 20.9 Å². The van der Waals surface area contributed by atoms with Gasteiger partial charge < -0.3 is 25.6 Å². The summed E-state index contributed by atoms with van der Waals surface area (Å²) in [4.78, 5) is 67.6. The molecular formula is C30H42N4O6S2. The quantitative estimate of drug-likeness (QED) is 0.255. The summed E-state index contributed by atoms with van der Waals surface area (Å²) in [5, 5.41) is 8.50. The number of nitrogens with zero attached hydrogens (tertiary/aromatic N) is 1. The number of fused-ring (bicyclic) bond motifs is 1. The molecule has 2 aliphatic heterocycles. The zero-order valence-electron chi connectivity index (χ0n) is 24.6. The Balaban J connectivity index is 1.66. The molecule has 230 valence electrons. The molecule has 0 saturated carbocycles. The number of hydrogen-bond acceptors (Lipinski definition) is 8. The maximum Gasteiger partial charge on any atom is 0.246 e. The monoisotopic (exact) mass is 618 g/mol. The smallest absolute Gasteiger partial charge is 0.246 e. The predicted octanol–water partition coefficient (Wildman–Crippen LogP) is 2.67. The van der Waals surface area contributed by atoms with Crippen molar-refractivity contribution in [3.8, 4) is 0 Å². The van der Waals surface area contributed by atoms with Gasteiger partial charge >= 0.3 is 0 Å². The number of thiocarbonyl (C=S) groups is 1. The van der Waals surface area contributed by atoms with Crippen LogP contribution in [0.2, 0.25) is 0 Å². The van der Waals surface area contributed by atoms with Crippen LogP contribution in [0.3, 0.4) is 0 Å². The molecule has 0 radical (unpaired) electrons. The van der Waals surface area contributed by atoms with Crippen molar-refractivity contribution >= 4 is 57.8 Å². The van der Waals surface area contributed by atoms with Crippen LogP contribution >= 0.6 is 24.0 Å². The molecule has 0 bridgehead atoms. The normalized spacial score (nSPS) is 22.6. The summed E-state index contributed by atoms with van der Waals surface area (Å²) in [6.45, 7) is 5.86. The van der Waals surface area contributed by atoms with Crippen molar-refractivity contribution in [1.29, 1.82) is 0 Å². The number of thioether (sulfide) groups is 1. The summed E-state index contributed by atoms with van der Waals surface area (Å²) < 4.78 is 5.54. The lowest BCUT2D eigenvalue weighted by molar-refractivity contribution is -0.144. The van der Waals surface area contributed by atoms with E-state index in [0.29, 0.717) is 62.5 Å². The number of amides is 4. The topological polar surface area (TPSA) is 134 Å². The maximum absolute atomic E-state index is 13.7. The van der Waals surface area contributed by atoms with E-state index in [1.165, 1.54) is 16.7 Å². The second kappa shape index (κ2) is 16.0. The van der Waals surface area contributed by atoms with E-state index in [2.05, 4.69) is 16.0 Å². The first kappa shape index (κ1) is 33.5. The number of rotatable bonds is 11. The summed E-state index contributed by atoms with van der Waals surface area (Å²) in [6.07, 6.45) is 4.05. The highest BCUT2D eigenvalue weighted by atomic mass is 32.2. The minimum atomic E-state index is -1.33. The molecule has 0 unspecified atom stereocenters. The van der Waals surface area contributed by atoms with Gasteiger partial charge in [0.15, 0.2) is 0 Å². The number of carbonyl (C=O) groups is 5. The van der Waals surface area contributed by atoms with Crippen LogP contribution < -0.4 is 16.0 Å². The Bertz CT molecular complexity index is 1150. The average Bonchev–Trinajstić information content (AvgIpc) is 3.44. The van der Waals surface area contributed by atoms with Crippen LogP contribution in [-0.4, -0.2) is 81.3 Å². The number of Topliss-reactive ketones (excluding diaryl/α,β-unsaturated/α-hetero) is 1. The number of benzene rings is 1. The van der Waals surface area contributed by atoms with Crippen molar-refractivity contribution in [2.75, 3.05) is 18.9 Å². The highest BCUT2D eigenvalue weighted by Gasteiger charge is 2.42. The van der Waals surface area contributed by atoms with E-state index in [1.807, 2.05) is 37.3 Å². The Kier molecular flexibility index (Phi) is 12.8. The van der Waals surface area contributed by atoms with Crippen molar-refractivity contribution in [2.24, 2.45) is 0 Å². The summed E-state index contributed by atoms with van der Waals surface area (Å²) in [7, 11) is 0. The van der Waals surface area contributed by atoms with Crippen molar-refractivity contribution < 1.29 is 28.7 Å². The van der Waals surface area contributed by atoms with Crippen molar-refractivity contribution in [3.05, 3.63) is 35.9 Å². The van der Waals surface area contributed by atoms with E-state index in [4.69, 9.17) is 17.0 Å². The molecule has 0 aromatic heterocycles. The van der Waals surface area contributed by atoms with Crippen LogP contribution in [0.5, 0.6) is 0 Å². The zero-order chi connectivity index (χ0) is 30.7. The molecule has 3 rings (SSSR count). The number of nitrogens with one attached hydrogen (secondary N) is 3. The van der Waals surface area contributed by atoms with Crippen LogP contribution in [0.4, 0.5) is 0 Å². The first-order chi connectivity index (χ1) is 20.0. The fourth-order valence-electron chi connectivity index (χ4n) is 5.10. The largest absolute Gasteiger partial charge is 0.479 e. The number of hydrogen-bond donors (Lipinski definition) is 3. The number of ether oxygens (including phenoxy) is 1. The first-order valence-electron chi connectivity index (χ1n) is 14.6. The van der Waals surface area contributed by atoms with Gasteiger partial charge in [-0.05, 0) is 64.2 Å². The van der Waals surface area contributed by atoms with Gasteiger partial charge in [0.25, 0.3) is 0 Å². The molecular weight excluding hydrogens is 576 g/mol. The molecule has 2 aliphatic rings. The Labute approximate surface area is 257 Å². The summed E-state index contributed by atoms with van der Waals surface area (Å²) in [5.74, 6) is -1.29. The highest BCUT2D eigenvalue weighted by molar-refractivity contribution is 8.23. The van der Waals surface area contributed by atoms with E-state index in [-0.39, 0.29) is 29.8 Å². The van der Waals surface area contributed by atoms with E-state index < -0.39 is 35.5 Å². The predicted molar refractivity (Wildman–Crippen MR) is 166 cm³/mol. The third-order valence-electron chi connectivity index (χ3n) is 7.42. The van der Waals surface area contributed by atoms with Crippen LogP contribution in [0.1, 0.15) is 71.3 Å². The zero-order valence-corrected chi connectivity index (χ0v) is 26.2. The van der Waals surface area contributed by atoms with Gasteiger partial charge in [-0.1, -0.05) is 54.9 Å². The van der Waals surface area contributed by atoms with Crippen LogP contribution in [0.15, 0.2) is 30.3 Å². The molecule has 12 heteroatoms. The molecule has 3 atom stereocenters. The van der Waals surface area contributed by atoms with E-state index >= 15 is 0 Å². The molecule has 0 spiro atoms. The molecule has 42 heavy (non-hydrogen) atoms. The lowest BCUT2D eigenvalue weighted by atomic mass is 9.98. The van der Waals surface area contributed by atoms with Crippen molar-refractivity contribution in [2.45, 2.75) is 95.8 Å². The first-order valence-corrected chi connectivity index (χ1v) is 16.0. The molecule has 2 heterocycles. The third-order valence-corrected chi connectivity index (χ3v) is 8.71. The minimum absolute atomic E-state index is 0.0726. The van der Waals surface area contributed by atoms with Gasteiger partial charge in [-0.25, -0.2) is 0 Å². The van der Waals surface area contributed by atoms with E-state index in [0.717, 1.165) is 5.56 Å². The standard InChI is InChI=1S/C30H42N4O6S2/c1-4-40-29(41)42-19-21(35)14-9-6-10-15-22-25(36)33-30(2,3)28(39)32-23(18-20-12-7-5-8-13-20)27(38)34-17-11-16-24(34)26(37)31-22/h5,7-8,12-13,22-24H,4,6,9-11,14-19H2,1-3H3,(H,31,37)(H,32,39)(H,33,36)/t22-,23-,24+/m0/s1. The van der Waals surface area contributed by atoms with Gasteiger partial charge in [0.05, 0.1) is 12.4 Å². The van der Waals surface area contributed by atoms with Gasteiger partial charge in [-0.15, -0.1) is 0 Å². The second-order valence-electron chi connectivity index (χ2n) is 11.2. The summed E-state index contributed by atoms with van der Waals surface area (Å²) in [5.41, 5.74) is -0.454. The Morgan fingerprint density at radius 1 is 1.05 bits per heavy atom. The molecule has 4 amide bonds. The fraction of sp³-hybridized carbons (Fsp3) is 0.600. The van der Waals surface area contributed by atoms with Gasteiger partial charge in [0.2, 0.25) is 28.0 Å². The molecule has 1 aromatic rings. The second-order valence-corrected chi connectivity index (χ2v) is 12.8. The molecule has 10 nitrogen and oxygen atoms in total. The third kappa shape index (κ3) is 9.79. The Morgan fingerprint density at radius 3 is 2.50 bits per heavy atom. The number of ketones is 1. The molecule has 0 aliphatic carbocycles. The fourth-order valence-corrected chi connectivity index (χ4v) is 6.02. The van der Waals surface area contributed by atoms with Gasteiger partial charge in [-0.2, -0.15) is 0 Å². The molecule has 1 aromatic carbocycles. The van der Waals surface area contributed by atoms with Crippen LogP contribution in [-0.2, 0) is 35.1 Å². The summed E-state index contributed by atoms with van der Waals surface area (Å²) >= 11 is 6.25. The van der Waals surface area contributed by atoms with Crippen LogP contribution in [0, 0.1) is 0 Å². The minimum Gasteiger partial charge on any atom is -0.479 e. The molecule has 3 N–H and O–H groups in total. The number of carbonyl (C=O) groups excluding carboxylic acids is 5. The Hall–Kier alpha value is -2.99. The maximum atomic E-state index is 13.7. The lowest BCUT2D eigenvalue weighted by Gasteiger charge is -2.34. The molecule has 2 fully saturated rings. The number of unbranched alkanes of at least 4 members (excludes halogenated alkanes) is 2. The van der Waals surface area contributed by atoms with E-state index in [9.17, 15) is 24.0 Å². The van der Waals surface area contributed by atoms with Gasteiger partial charge in [0, 0.05) is 19.4 Å². The van der Waals surface area contributed by atoms with Crippen LogP contribution in [0.25, 0.3) is 0 Å². The average molecular weight is 619 g/mol. The Morgan fingerprint density at radius 2 is 1.79 bits per heavy atom. The van der Waals surface area contributed by atoms with E-state index in [1.54, 1.807) is 13.8 Å². The SMILES string of the molecule is CCOC(=S)SCC(=O)CCCCC[C@@H]1NC(=O)[C@H]2CCCN2C(=O)[C@H](Cc2ccccc2)NC(=O)C(C)(C)NC1=O. The molecule has 2 saturated heterocycles.